The number of piperazine rings is 1. The van der Waals surface area contributed by atoms with Crippen LogP contribution in [-0.4, -0.2) is 43.6 Å². The van der Waals surface area contributed by atoms with E-state index >= 15 is 0 Å². The Hall–Kier alpha value is -1.02. The highest BCUT2D eigenvalue weighted by molar-refractivity contribution is 5.85. The summed E-state index contributed by atoms with van der Waals surface area (Å²) < 4.78 is 56.1. The van der Waals surface area contributed by atoms with Crippen LogP contribution in [0.4, 0.5) is 17.6 Å². The summed E-state index contributed by atoms with van der Waals surface area (Å²) in [6.07, 6.45) is -5.29. The molecule has 26 heavy (non-hydrogen) atoms. The lowest BCUT2D eigenvalue weighted by molar-refractivity contribution is -0.253. The SMILES string of the molecule is C=CCC[C@H](c1ccccc1OC(F)(F)C(F)F)N1CCNCC1.Cl.Cl. The molecule has 0 saturated carbocycles. The van der Waals surface area contributed by atoms with Gasteiger partial charge in [-0.2, -0.15) is 17.6 Å². The fourth-order valence-corrected chi connectivity index (χ4v) is 2.84. The fraction of sp³-hybridized carbons (Fsp3) is 0.529. The van der Waals surface area contributed by atoms with Gasteiger partial charge in [-0.25, -0.2) is 0 Å². The van der Waals surface area contributed by atoms with Crippen molar-refractivity contribution < 1.29 is 22.3 Å². The minimum Gasteiger partial charge on any atom is -0.428 e. The maximum atomic E-state index is 13.4. The number of para-hydroxylation sites is 1. The van der Waals surface area contributed by atoms with Crippen LogP contribution in [0.2, 0.25) is 0 Å². The average Bonchev–Trinajstić information content (AvgIpc) is 2.57. The van der Waals surface area contributed by atoms with Crippen LogP contribution in [-0.2, 0) is 0 Å². The van der Waals surface area contributed by atoms with E-state index in [0.717, 1.165) is 26.2 Å². The molecule has 1 fully saturated rings. The van der Waals surface area contributed by atoms with Crippen molar-refractivity contribution in [3.63, 3.8) is 0 Å². The topological polar surface area (TPSA) is 24.5 Å². The predicted octanol–water partition coefficient (Wildman–Crippen LogP) is 4.68. The van der Waals surface area contributed by atoms with Crippen LogP contribution in [0.1, 0.15) is 24.4 Å². The van der Waals surface area contributed by atoms with Gasteiger partial charge >= 0.3 is 12.5 Å². The van der Waals surface area contributed by atoms with Gasteiger partial charge in [-0.1, -0.05) is 24.3 Å². The lowest BCUT2D eigenvalue weighted by Crippen LogP contribution is -2.45. The molecule has 0 bridgehead atoms. The van der Waals surface area contributed by atoms with Crippen LogP contribution >= 0.6 is 24.8 Å². The molecule has 0 radical (unpaired) electrons. The van der Waals surface area contributed by atoms with Crippen molar-refractivity contribution in [1.82, 2.24) is 10.2 Å². The third kappa shape index (κ3) is 6.61. The number of rotatable bonds is 8. The van der Waals surface area contributed by atoms with Gasteiger partial charge in [0, 0.05) is 37.8 Å². The molecular weight excluding hydrogens is 395 g/mol. The molecule has 1 aliphatic heterocycles. The van der Waals surface area contributed by atoms with E-state index in [1.54, 1.807) is 18.2 Å². The highest BCUT2D eigenvalue weighted by atomic mass is 35.5. The third-order valence-electron chi connectivity index (χ3n) is 4.01. The molecular formula is C17H24Cl2F4N2O. The van der Waals surface area contributed by atoms with E-state index < -0.39 is 12.5 Å². The number of benzene rings is 1. The van der Waals surface area contributed by atoms with Crippen LogP contribution in [0.25, 0.3) is 0 Å². The second kappa shape index (κ2) is 11.6. The lowest BCUT2D eigenvalue weighted by Gasteiger charge is -2.36. The molecule has 1 aliphatic rings. The summed E-state index contributed by atoms with van der Waals surface area (Å²) in [6, 6.07) is 5.99. The Bertz CT molecular complexity index is 543. The van der Waals surface area contributed by atoms with Gasteiger partial charge in [-0.15, -0.1) is 31.4 Å². The molecule has 0 aliphatic carbocycles. The number of nitrogens with one attached hydrogen (secondary N) is 1. The Balaban J connectivity index is 0.00000312. The third-order valence-corrected chi connectivity index (χ3v) is 4.01. The minimum atomic E-state index is -4.51. The van der Waals surface area contributed by atoms with Gasteiger partial charge in [-0.05, 0) is 18.9 Å². The molecule has 2 rings (SSSR count). The summed E-state index contributed by atoms with van der Waals surface area (Å²) in [5.41, 5.74) is 0.501. The van der Waals surface area contributed by atoms with Crippen LogP contribution < -0.4 is 10.1 Å². The summed E-state index contributed by atoms with van der Waals surface area (Å²) in [4.78, 5) is 2.16. The highest BCUT2D eigenvalue weighted by Crippen LogP contribution is 2.36. The predicted molar refractivity (Wildman–Crippen MR) is 99.1 cm³/mol. The monoisotopic (exact) mass is 418 g/mol. The Morgan fingerprint density at radius 3 is 2.38 bits per heavy atom. The molecule has 0 unspecified atom stereocenters. The first-order chi connectivity index (χ1) is 11.5. The molecule has 3 nitrogen and oxygen atoms in total. The standard InChI is InChI=1S/C17H22F4N2O.2ClH/c1-2-3-7-14(23-11-9-22-10-12-23)13-6-4-5-8-15(13)24-17(20,21)16(18)19;;/h2,4-6,8,14,16,22H,1,3,7,9-12H2;2*1H/t14-;;/m1../s1. The average molecular weight is 419 g/mol. The van der Waals surface area contributed by atoms with Crippen molar-refractivity contribution >= 4 is 24.8 Å². The first kappa shape index (κ1) is 25.0. The summed E-state index contributed by atoms with van der Waals surface area (Å²) >= 11 is 0. The van der Waals surface area contributed by atoms with Crippen molar-refractivity contribution in [1.29, 1.82) is 0 Å². The minimum absolute atomic E-state index is 0. The number of alkyl halides is 4. The zero-order valence-electron chi connectivity index (χ0n) is 14.2. The van der Waals surface area contributed by atoms with Crippen LogP contribution in [0.3, 0.4) is 0 Å². The number of hydrogen-bond donors (Lipinski definition) is 1. The van der Waals surface area contributed by atoms with Gasteiger partial charge in [0.05, 0.1) is 0 Å². The molecule has 1 heterocycles. The first-order valence-corrected chi connectivity index (χ1v) is 7.95. The Kier molecular flexibility index (Phi) is 11.2. The van der Waals surface area contributed by atoms with E-state index in [9.17, 15) is 17.6 Å². The van der Waals surface area contributed by atoms with Crippen LogP contribution in [0, 0.1) is 0 Å². The Morgan fingerprint density at radius 1 is 1.19 bits per heavy atom. The maximum absolute atomic E-state index is 13.4. The molecule has 1 saturated heterocycles. The van der Waals surface area contributed by atoms with Gasteiger partial charge in [0.2, 0.25) is 0 Å². The fourth-order valence-electron chi connectivity index (χ4n) is 2.84. The van der Waals surface area contributed by atoms with Gasteiger partial charge < -0.3 is 10.1 Å². The summed E-state index contributed by atoms with van der Waals surface area (Å²) in [7, 11) is 0. The van der Waals surface area contributed by atoms with Gasteiger partial charge in [0.15, 0.2) is 0 Å². The highest BCUT2D eigenvalue weighted by Gasteiger charge is 2.44. The zero-order chi connectivity index (χ0) is 17.6. The molecule has 1 aromatic rings. The van der Waals surface area contributed by atoms with Crippen molar-refractivity contribution in [2.45, 2.75) is 31.4 Å². The number of halogens is 6. The van der Waals surface area contributed by atoms with E-state index in [1.165, 1.54) is 12.1 Å². The normalized spacial score (nSPS) is 16.3. The van der Waals surface area contributed by atoms with E-state index in [1.807, 2.05) is 0 Å². The molecule has 9 heteroatoms. The summed E-state index contributed by atoms with van der Waals surface area (Å²) in [5.74, 6) is -0.199. The van der Waals surface area contributed by atoms with Gasteiger partial charge in [0.25, 0.3) is 0 Å². The number of hydrogen-bond acceptors (Lipinski definition) is 3. The molecule has 1 atom stereocenters. The Morgan fingerprint density at radius 2 is 1.81 bits per heavy atom. The van der Waals surface area contributed by atoms with Gasteiger partial charge in [-0.3, -0.25) is 4.90 Å². The van der Waals surface area contributed by atoms with Gasteiger partial charge in [0.1, 0.15) is 5.75 Å². The largest absolute Gasteiger partial charge is 0.461 e. The molecule has 0 aromatic heterocycles. The number of nitrogens with zero attached hydrogens (tertiary/aromatic N) is 1. The van der Waals surface area contributed by atoms with Crippen molar-refractivity contribution in [2.75, 3.05) is 26.2 Å². The van der Waals surface area contributed by atoms with E-state index in [4.69, 9.17) is 0 Å². The van der Waals surface area contributed by atoms with E-state index in [2.05, 4.69) is 21.5 Å². The zero-order valence-corrected chi connectivity index (χ0v) is 15.8. The lowest BCUT2D eigenvalue weighted by atomic mass is 9.98. The smallest absolute Gasteiger partial charge is 0.428 e. The second-order valence-corrected chi connectivity index (χ2v) is 5.67. The van der Waals surface area contributed by atoms with Crippen molar-refractivity contribution in [3.8, 4) is 5.75 Å². The van der Waals surface area contributed by atoms with Crippen LogP contribution in [0.15, 0.2) is 36.9 Å². The second-order valence-electron chi connectivity index (χ2n) is 5.67. The maximum Gasteiger partial charge on any atom is 0.461 e. The van der Waals surface area contributed by atoms with Crippen LogP contribution in [0.5, 0.6) is 5.75 Å². The van der Waals surface area contributed by atoms with Crippen molar-refractivity contribution in [3.05, 3.63) is 42.5 Å². The Labute approximate surface area is 163 Å². The molecule has 150 valence electrons. The molecule has 1 N–H and O–H groups in total. The number of allylic oxidation sites excluding steroid dienone is 1. The summed E-state index contributed by atoms with van der Waals surface area (Å²) in [5, 5.41) is 3.23. The summed E-state index contributed by atoms with van der Waals surface area (Å²) in [6.45, 7) is 6.78. The molecule has 0 amide bonds. The first-order valence-electron chi connectivity index (χ1n) is 7.95. The van der Waals surface area contributed by atoms with Crippen molar-refractivity contribution in [2.24, 2.45) is 0 Å². The number of ether oxygens (including phenoxy) is 1. The van der Waals surface area contributed by atoms with E-state index in [0.29, 0.717) is 18.4 Å². The molecule has 0 spiro atoms. The molecule has 1 aromatic carbocycles. The quantitative estimate of drug-likeness (QED) is 0.489. The van der Waals surface area contributed by atoms with E-state index in [-0.39, 0.29) is 36.6 Å².